The fourth-order valence-electron chi connectivity index (χ4n) is 3.98. The first-order chi connectivity index (χ1) is 11.6. The Labute approximate surface area is 151 Å². The lowest BCUT2D eigenvalue weighted by molar-refractivity contribution is 0.101. The van der Waals surface area contributed by atoms with E-state index in [9.17, 15) is 4.79 Å². The van der Waals surface area contributed by atoms with Crippen LogP contribution in [0.2, 0.25) is 10.0 Å². The zero-order chi connectivity index (χ0) is 16.8. The average molecular weight is 358 g/mol. The second-order valence-electron chi connectivity index (χ2n) is 6.47. The molecule has 0 fully saturated rings. The molecule has 2 nitrogen and oxygen atoms in total. The van der Waals surface area contributed by atoms with Gasteiger partial charge in [0.15, 0.2) is 5.78 Å². The van der Waals surface area contributed by atoms with Crippen LogP contribution in [0.4, 0.5) is 5.69 Å². The predicted octanol–water partition coefficient (Wildman–Crippen LogP) is 6.02. The first-order valence-electron chi connectivity index (χ1n) is 8.08. The van der Waals surface area contributed by atoms with E-state index in [4.69, 9.17) is 23.2 Å². The zero-order valence-corrected chi connectivity index (χ0v) is 14.7. The lowest BCUT2D eigenvalue weighted by Crippen LogP contribution is -2.30. The van der Waals surface area contributed by atoms with Crippen molar-refractivity contribution >= 4 is 34.7 Å². The standard InChI is InChI=1S/C20H17Cl2NO/c1-11(24)13-4-2-6-15-14-5-3-7-16(14)20(23-19(13)15)17-9-8-12(21)10-18(17)22/h2-6,8-10,14,16,20,23H,7H2,1H3. The van der Waals surface area contributed by atoms with E-state index in [2.05, 4.69) is 23.5 Å². The molecule has 4 rings (SSSR count). The highest BCUT2D eigenvalue weighted by Crippen LogP contribution is 2.51. The van der Waals surface area contributed by atoms with Crippen molar-refractivity contribution in [1.29, 1.82) is 0 Å². The van der Waals surface area contributed by atoms with Gasteiger partial charge in [0.05, 0.1) is 6.04 Å². The predicted molar refractivity (Wildman–Crippen MR) is 99.3 cm³/mol. The molecule has 122 valence electrons. The fourth-order valence-corrected chi connectivity index (χ4v) is 4.50. The maximum Gasteiger partial charge on any atom is 0.161 e. The number of hydrogen-bond acceptors (Lipinski definition) is 2. The Morgan fingerprint density at radius 1 is 1.17 bits per heavy atom. The Kier molecular flexibility index (Phi) is 3.90. The van der Waals surface area contributed by atoms with Crippen LogP contribution in [-0.2, 0) is 0 Å². The first-order valence-corrected chi connectivity index (χ1v) is 8.84. The maximum atomic E-state index is 12.1. The summed E-state index contributed by atoms with van der Waals surface area (Å²) in [6.07, 6.45) is 5.47. The first kappa shape index (κ1) is 15.7. The highest BCUT2D eigenvalue weighted by atomic mass is 35.5. The SMILES string of the molecule is CC(=O)c1cccc2c1NC(c1ccc(Cl)cc1Cl)C1CC=CC21. The molecule has 1 aliphatic carbocycles. The molecule has 0 saturated heterocycles. The van der Waals surface area contributed by atoms with Crippen molar-refractivity contribution < 1.29 is 4.79 Å². The number of allylic oxidation sites excluding steroid dienone is 2. The highest BCUT2D eigenvalue weighted by molar-refractivity contribution is 6.35. The maximum absolute atomic E-state index is 12.1. The number of Topliss-reactive ketones (excluding diaryl/α,β-unsaturated/α-hetero) is 1. The van der Waals surface area contributed by atoms with Crippen LogP contribution in [0, 0.1) is 5.92 Å². The number of fused-ring (bicyclic) bond motifs is 3. The van der Waals surface area contributed by atoms with Gasteiger partial charge in [-0.3, -0.25) is 4.79 Å². The summed E-state index contributed by atoms with van der Waals surface area (Å²) >= 11 is 12.5. The second kappa shape index (κ2) is 5.94. The van der Waals surface area contributed by atoms with E-state index in [1.807, 2.05) is 24.3 Å². The van der Waals surface area contributed by atoms with Crippen molar-refractivity contribution in [1.82, 2.24) is 0 Å². The van der Waals surface area contributed by atoms with Gasteiger partial charge in [-0.05, 0) is 48.6 Å². The Morgan fingerprint density at radius 3 is 2.75 bits per heavy atom. The molecular formula is C20H17Cl2NO. The summed E-state index contributed by atoms with van der Waals surface area (Å²) in [5.74, 6) is 0.761. The zero-order valence-electron chi connectivity index (χ0n) is 13.2. The van der Waals surface area contributed by atoms with E-state index >= 15 is 0 Å². The van der Waals surface area contributed by atoms with Gasteiger partial charge < -0.3 is 5.32 Å². The molecule has 4 heteroatoms. The Hall–Kier alpha value is -1.77. The molecule has 3 unspecified atom stereocenters. The van der Waals surface area contributed by atoms with Crippen LogP contribution in [-0.4, -0.2) is 5.78 Å². The number of carbonyl (C=O) groups is 1. The molecule has 0 saturated carbocycles. The van der Waals surface area contributed by atoms with E-state index in [0.717, 1.165) is 23.2 Å². The number of para-hydroxylation sites is 1. The molecular weight excluding hydrogens is 341 g/mol. The summed E-state index contributed by atoms with van der Waals surface area (Å²) < 4.78 is 0. The number of rotatable bonds is 2. The normalized spacial score (nSPS) is 24.2. The van der Waals surface area contributed by atoms with Crippen molar-refractivity contribution in [2.75, 3.05) is 5.32 Å². The van der Waals surface area contributed by atoms with Gasteiger partial charge in [0.25, 0.3) is 0 Å². The highest BCUT2D eigenvalue weighted by Gasteiger charge is 2.39. The van der Waals surface area contributed by atoms with E-state index < -0.39 is 0 Å². The van der Waals surface area contributed by atoms with Crippen molar-refractivity contribution in [2.45, 2.75) is 25.3 Å². The summed E-state index contributed by atoms with van der Waals surface area (Å²) in [5, 5.41) is 4.90. The van der Waals surface area contributed by atoms with Crippen LogP contribution < -0.4 is 5.32 Å². The lowest BCUT2D eigenvalue weighted by Gasteiger charge is -2.38. The number of benzene rings is 2. The number of ketones is 1. The van der Waals surface area contributed by atoms with Crippen molar-refractivity contribution in [3.8, 4) is 0 Å². The van der Waals surface area contributed by atoms with Crippen LogP contribution in [0.15, 0.2) is 48.6 Å². The van der Waals surface area contributed by atoms with Crippen LogP contribution in [0.5, 0.6) is 0 Å². The number of carbonyl (C=O) groups excluding carboxylic acids is 1. The number of halogens is 2. The topological polar surface area (TPSA) is 29.1 Å². The molecule has 2 aromatic carbocycles. The van der Waals surface area contributed by atoms with Gasteiger partial charge >= 0.3 is 0 Å². The van der Waals surface area contributed by atoms with E-state index in [0.29, 0.717) is 21.9 Å². The number of nitrogens with one attached hydrogen (secondary N) is 1. The molecule has 1 N–H and O–H groups in total. The molecule has 2 aliphatic rings. The minimum atomic E-state index is 0.0581. The summed E-state index contributed by atoms with van der Waals surface area (Å²) in [6, 6.07) is 11.7. The Morgan fingerprint density at radius 2 is 2.00 bits per heavy atom. The smallest absolute Gasteiger partial charge is 0.161 e. The van der Waals surface area contributed by atoms with Crippen LogP contribution in [0.3, 0.4) is 0 Å². The number of anilines is 1. The van der Waals surface area contributed by atoms with Crippen LogP contribution in [0.25, 0.3) is 0 Å². The number of hydrogen-bond donors (Lipinski definition) is 1. The van der Waals surface area contributed by atoms with E-state index in [-0.39, 0.29) is 11.8 Å². The molecule has 0 amide bonds. The monoisotopic (exact) mass is 357 g/mol. The van der Waals surface area contributed by atoms with Gasteiger partial charge in [0.2, 0.25) is 0 Å². The molecule has 0 bridgehead atoms. The summed E-state index contributed by atoms with van der Waals surface area (Å²) in [7, 11) is 0. The average Bonchev–Trinajstić information content (AvgIpc) is 3.03. The Bertz CT molecular complexity index is 859. The second-order valence-corrected chi connectivity index (χ2v) is 7.31. The minimum absolute atomic E-state index is 0.0581. The van der Waals surface area contributed by atoms with Gasteiger partial charge in [0, 0.05) is 27.2 Å². The molecule has 0 spiro atoms. The molecule has 24 heavy (non-hydrogen) atoms. The van der Waals surface area contributed by atoms with Gasteiger partial charge in [-0.25, -0.2) is 0 Å². The third kappa shape index (κ3) is 2.45. The third-order valence-corrected chi connectivity index (χ3v) is 5.64. The van der Waals surface area contributed by atoms with Crippen LogP contribution in [0.1, 0.15) is 46.8 Å². The van der Waals surface area contributed by atoms with Gasteiger partial charge in [0.1, 0.15) is 0 Å². The van der Waals surface area contributed by atoms with Crippen molar-refractivity contribution in [2.24, 2.45) is 5.92 Å². The largest absolute Gasteiger partial charge is 0.377 e. The lowest BCUT2D eigenvalue weighted by atomic mass is 9.76. The Balaban J connectivity index is 1.86. The summed E-state index contributed by atoms with van der Waals surface area (Å²) in [5.41, 5.74) is 3.90. The molecule has 0 aromatic heterocycles. The summed E-state index contributed by atoms with van der Waals surface area (Å²) in [6.45, 7) is 1.61. The minimum Gasteiger partial charge on any atom is -0.377 e. The fraction of sp³-hybridized carbons (Fsp3) is 0.250. The van der Waals surface area contributed by atoms with Crippen molar-refractivity contribution in [3.63, 3.8) is 0 Å². The van der Waals surface area contributed by atoms with Gasteiger partial charge in [-0.15, -0.1) is 0 Å². The molecule has 1 heterocycles. The van der Waals surface area contributed by atoms with Crippen molar-refractivity contribution in [3.05, 3.63) is 75.3 Å². The molecule has 1 aliphatic heterocycles. The third-order valence-electron chi connectivity index (χ3n) is 5.07. The summed E-state index contributed by atoms with van der Waals surface area (Å²) in [4.78, 5) is 12.1. The quantitative estimate of drug-likeness (QED) is 0.525. The molecule has 0 radical (unpaired) electrons. The van der Waals surface area contributed by atoms with Crippen LogP contribution >= 0.6 is 23.2 Å². The van der Waals surface area contributed by atoms with Gasteiger partial charge in [-0.2, -0.15) is 0 Å². The molecule has 3 atom stereocenters. The van der Waals surface area contributed by atoms with E-state index in [1.54, 1.807) is 13.0 Å². The van der Waals surface area contributed by atoms with E-state index in [1.165, 1.54) is 5.56 Å². The van der Waals surface area contributed by atoms with Gasteiger partial charge in [-0.1, -0.05) is 53.6 Å². The molecule has 2 aromatic rings.